The van der Waals surface area contributed by atoms with Gasteiger partial charge in [0.15, 0.2) is 5.92 Å². The van der Waals surface area contributed by atoms with Crippen LogP contribution in [-0.4, -0.2) is 60.8 Å². The number of aliphatic carboxylic acids is 1. The summed E-state index contributed by atoms with van der Waals surface area (Å²) in [4.78, 5) is 35.7. The fourth-order valence-electron chi connectivity index (χ4n) is 1.63. The van der Waals surface area contributed by atoms with Crippen LogP contribution in [0.25, 0.3) is 0 Å². The molecule has 1 amide bonds. The largest absolute Gasteiger partial charge is 0.481 e. The van der Waals surface area contributed by atoms with Gasteiger partial charge >= 0.3 is 11.9 Å². The molecule has 0 radical (unpaired) electrons. The highest BCUT2D eigenvalue weighted by molar-refractivity contribution is 5.98. The normalized spacial score (nSPS) is 17.1. The van der Waals surface area contributed by atoms with Gasteiger partial charge in [-0.2, -0.15) is 0 Å². The molecular weight excluding hydrogens is 242 g/mol. The van der Waals surface area contributed by atoms with Gasteiger partial charge in [-0.25, -0.2) is 0 Å². The van der Waals surface area contributed by atoms with Gasteiger partial charge in [-0.1, -0.05) is 0 Å². The molecule has 18 heavy (non-hydrogen) atoms. The molecular formula is C11H17NO6. The molecule has 0 saturated carbocycles. The van der Waals surface area contributed by atoms with Gasteiger partial charge in [0.1, 0.15) is 0 Å². The summed E-state index contributed by atoms with van der Waals surface area (Å²) in [5.74, 6) is -4.00. The number of carboxylic acids is 1. The predicted octanol–water partition coefficient (Wildman–Crippen LogP) is -0.501. The summed E-state index contributed by atoms with van der Waals surface area (Å²) in [6, 6.07) is 0. The van der Waals surface area contributed by atoms with E-state index < -0.39 is 17.9 Å². The van der Waals surface area contributed by atoms with Crippen molar-refractivity contribution < 1.29 is 29.0 Å². The van der Waals surface area contributed by atoms with Crippen LogP contribution in [0.1, 0.15) is 13.3 Å². The summed E-state index contributed by atoms with van der Waals surface area (Å²) in [6.45, 7) is 3.39. The number of nitrogens with zero attached hydrogens (tertiary/aromatic N) is 1. The minimum absolute atomic E-state index is 0.0916. The first-order valence-electron chi connectivity index (χ1n) is 5.81. The number of ether oxygens (including phenoxy) is 2. The number of rotatable bonds is 5. The molecule has 0 spiro atoms. The van der Waals surface area contributed by atoms with E-state index in [2.05, 4.69) is 4.74 Å². The molecule has 1 rings (SSSR count). The van der Waals surface area contributed by atoms with E-state index >= 15 is 0 Å². The van der Waals surface area contributed by atoms with E-state index in [0.29, 0.717) is 26.3 Å². The molecule has 0 aromatic heterocycles. The smallest absolute Gasteiger partial charge is 0.320 e. The zero-order chi connectivity index (χ0) is 13.5. The van der Waals surface area contributed by atoms with Crippen molar-refractivity contribution in [2.75, 3.05) is 32.9 Å². The summed E-state index contributed by atoms with van der Waals surface area (Å²) >= 11 is 0. The maximum Gasteiger partial charge on any atom is 0.320 e. The Hall–Kier alpha value is -1.63. The molecule has 1 aliphatic heterocycles. The second-order valence-electron chi connectivity index (χ2n) is 3.84. The summed E-state index contributed by atoms with van der Waals surface area (Å²) in [7, 11) is 0. The van der Waals surface area contributed by atoms with E-state index in [-0.39, 0.29) is 18.9 Å². The highest BCUT2D eigenvalue weighted by atomic mass is 16.5. The second-order valence-corrected chi connectivity index (χ2v) is 3.84. The topological polar surface area (TPSA) is 93.1 Å². The number of esters is 1. The lowest BCUT2D eigenvalue weighted by molar-refractivity contribution is -0.161. The highest BCUT2D eigenvalue weighted by Crippen LogP contribution is 2.10. The molecule has 1 saturated heterocycles. The van der Waals surface area contributed by atoms with Crippen molar-refractivity contribution >= 4 is 17.8 Å². The van der Waals surface area contributed by atoms with Gasteiger partial charge in [0, 0.05) is 13.1 Å². The quantitative estimate of drug-likeness (QED) is 0.528. The van der Waals surface area contributed by atoms with E-state index in [1.807, 2.05) is 0 Å². The summed E-state index contributed by atoms with van der Waals surface area (Å²) in [6.07, 6.45) is -0.367. The number of carbonyl (C=O) groups excluding carboxylic acids is 2. The average Bonchev–Trinajstić information content (AvgIpc) is 2.36. The fourth-order valence-corrected chi connectivity index (χ4v) is 1.63. The van der Waals surface area contributed by atoms with E-state index in [9.17, 15) is 14.4 Å². The number of carbonyl (C=O) groups is 3. The third-order valence-electron chi connectivity index (χ3n) is 2.61. The number of carboxylic acid groups (broad SMARTS) is 1. The van der Waals surface area contributed by atoms with Crippen LogP contribution in [0.2, 0.25) is 0 Å². The minimum atomic E-state index is -1.43. The van der Waals surface area contributed by atoms with Gasteiger partial charge in [-0.15, -0.1) is 0 Å². The van der Waals surface area contributed by atoms with Crippen LogP contribution in [0.4, 0.5) is 0 Å². The lowest BCUT2D eigenvalue weighted by atomic mass is 10.1. The van der Waals surface area contributed by atoms with Crippen LogP contribution in [0.3, 0.4) is 0 Å². The Morgan fingerprint density at radius 3 is 2.44 bits per heavy atom. The first kappa shape index (κ1) is 14.4. The summed E-state index contributed by atoms with van der Waals surface area (Å²) < 4.78 is 9.72. The maximum absolute atomic E-state index is 11.8. The Balaban J connectivity index is 2.57. The number of hydrogen-bond acceptors (Lipinski definition) is 5. The minimum Gasteiger partial charge on any atom is -0.481 e. The molecule has 1 heterocycles. The Bertz CT molecular complexity index is 323. The van der Waals surface area contributed by atoms with Crippen molar-refractivity contribution in [1.29, 1.82) is 0 Å². The molecule has 0 aromatic carbocycles. The van der Waals surface area contributed by atoms with Crippen LogP contribution in [-0.2, 0) is 23.9 Å². The van der Waals surface area contributed by atoms with Crippen molar-refractivity contribution in [3.63, 3.8) is 0 Å². The third-order valence-corrected chi connectivity index (χ3v) is 2.61. The molecule has 102 valence electrons. The predicted molar refractivity (Wildman–Crippen MR) is 59.8 cm³/mol. The van der Waals surface area contributed by atoms with Gasteiger partial charge < -0.3 is 19.5 Å². The summed E-state index contributed by atoms with van der Waals surface area (Å²) in [5.41, 5.74) is 0. The molecule has 0 aromatic rings. The third kappa shape index (κ3) is 3.99. The average molecular weight is 259 g/mol. The van der Waals surface area contributed by atoms with E-state index in [0.717, 1.165) is 0 Å². The van der Waals surface area contributed by atoms with Crippen molar-refractivity contribution in [3.05, 3.63) is 0 Å². The first-order chi connectivity index (χ1) is 8.56. The van der Waals surface area contributed by atoms with Crippen molar-refractivity contribution in [3.8, 4) is 0 Å². The maximum atomic E-state index is 11.8. The van der Waals surface area contributed by atoms with Gasteiger partial charge in [0.05, 0.1) is 26.2 Å². The van der Waals surface area contributed by atoms with Crippen LogP contribution < -0.4 is 0 Å². The number of morpholine rings is 1. The molecule has 1 atom stereocenters. The van der Waals surface area contributed by atoms with E-state index in [1.165, 1.54) is 4.90 Å². The van der Waals surface area contributed by atoms with Crippen molar-refractivity contribution in [2.24, 2.45) is 5.92 Å². The first-order valence-corrected chi connectivity index (χ1v) is 5.81. The molecule has 1 unspecified atom stereocenters. The lowest BCUT2D eigenvalue weighted by Gasteiger charge is -2.27. The monoisotopic (exact) mass is 259 g/mol. The fraction of sp³-hybridized carbons (Fsp3) is 0.727. The van der Waals surface area contributed by atoms with Gasteiger partial charge in [0.2, 0.25) is 5.91 Å². The molecule has 0 bridgehead atoms. The Morgan fingerprint density at radius 1 is 1.33 bits per heavy atom. The van der Waals surface area contributed by atoms with Crippen molar-refractivity contribution in [1.82, 2.24) is 4.90 Å². The molecule has 7 heteroatoms. The second kappa shape index (κ2) is 6.95. The number of amides is 1. The van der Waals surface area contributed by atoms with E-state index in [1.54, 1.807) is 6.92 Å². The Morgan fingerprint density at radius 2 is 1.94 bits per heavy atom. The van der Waals surface area contributed by atoms with Crippen LogP contribution in [0, 0.1) is 5.92 Å². The lowest BCUT2D eigenvalue weighted by Crippen LogP contribution is -2.43. The molecule has 7 nitrogen and oxygen atoms in total. The standard InChI is InChI=1S/C11H17NO6/c1-2-18-11(16)8(10(14)15)7-9(13)12-3-5-17-6-4-12/h8H,2-7H2,1H3,(H,14,15). The summed E-state index contributed by atoms with van der Waals surface area (Å²) in [5, 5.41) is 8.92. The number of hydrogen-bond donors (Lipinski definition) is 1. The molecule has 0 aliphatic carbocycles. The van der Waals surface area contributed by atoms with Gasteiger partial charge in [0.25, 0.3) is 0 Å². The Labute approximate surface area is 105 Å². The SMILES string of the molecule is CCOC(=O)C(CC(=O)N1CCOCC1)C(=O)O. The molecule has 1 N–H and O–H groups in total. The molecule has 1 fully saturated rings. The molecule has 1 aliphatic rings. The Kier molecular flexibility index (Phi) is 5.57. The van der Waals surface area contributed by atoms with Gasteiger partial charge in [-0.3, -0.25) is 14.4 Å². The van der Waals surface area contributed by atoms with Crippen LogP contribution >= 0.6 is 0 Å². The zero-order valence-corrected chi connectivity index (χ0v) is 10.3. The van der Waals surface area contributed by atoms with Crippen LogP contribution in [0.5, 0.6) is 0 Å². The van der Waals surface area contributed by atoms with Crippen molar-refractivity contribution in [2.45, 2.75) is 13.3 Å². The van der Waals surface area contributed by atoms with Gasteiger partial charge in [-0.05, 0) is 6.92 Å². The zero-order valence-electron chi connectivity index (χ0n) is 10.3. The highest BCUT2D eigenvalue weighted by Gasteiger charge is 2.32. The van der Waals surface area contributed by atoms with Crippen LogP contribution in [0.15, 0.2) is 0 Å². The van der Waals surface area contributed by atoms with E-state index in [4.69, 9.17) is 9.84 Å².